The molecule has 0 radical (unpaired) electrons. The van der Waals surface area contributed by atoms with Gasteiger partial charge in [0.05, 0.1) is 34.1 Å². The van der Waals surface area contributed by atoms with Gasteiger partial charge >= 0.3 is 20.2 Å². The highest BCUT2D eigenvalue weighted by Crippen LogP contribution is 2.28. The summed E-state index contributed by atoms with van der Waals surface area (Å²) >= 11 is 0. The number of rotatable bonds is 12. The standard InChI is InChI=1S/C36H26N6O6S2/c43-49(44,35-23-15-31(16-24-35)41-37-27-7-3-1-4-8-27)47-33-19-11-29(12-20-33)39-40-30-13-21-34(22-14-30)48-50(45,46)36-25-17-32(18-26-36)42-38-28-9-5-2-6-10-28/h1-26H. The largest absolute Gasteiger partial charge is 0.379 e. The molecule has 0 saturated heterocycles. The molecule has 0 N–H and O–H groups in total. The smallest absolute Gasteiger partial charge is 0.339 e. The fraction of sp³-hybridized carbons (Fsp3) is 0. The zero-order chi connectivity index (χ0) is 34.8. The molecule has 6 aromatic rings. The van der Waals surface area contributed by atoms with Crippen LogP contribution in [0.5, 0.6) is 11.5 Å². The van der Waals surface area contributed by atoms with Crippen molar-refractivity contribution in [1.29, 1.82) is 0 Å². The minimum atomic E-state index is -4.10. The van der Waals surface area contributed by atoms with Crippen LogP contribution >= 0.6 is 0 Å². The molecule has 0 heterocycles. The van der Waals surface area contributed by atoms with Gasteiger partial charge in [-0.05, 0) is 121 Å². The van der Waals surface area contributed by atoms with E-state index in [4.69, 9.17) is 8.37 Å². The maximum atomic E-state index is 12.8. The predicted octanol–water partition coefficient (Wildman–Crippen LogP) is 10.5. The second-order valence-electron chi connectivity index (χ2n) is 10.3. The fourth-order valence-corrected chi connectivity index (χ4v) is 6.04. The molecule has 0 fully saturated rings. The highest BCUT2D eigenvalue weighted by atomic mass is 32.2. The molecule has 0 aliphatic carbocycles. The molecule has 0 aromatic heterocycles. The van der Waals surface area contributed by atoms with Crippen molar-refractivity contribution in [1.82, 2.24) is 0 Å². The summed E-state index contributed by atoms with van der Waals surface area (Å²) in [7, 11) is -8.21. The van der Waals surface area contributed by atoms with Crippen LogP contribution < -0.4 is 8.37 Å². The van der Waals surface area contributed by atoms with Gasteiger partial charge in [0.15, 0.2) is 0 Å². The minimum Gasteiger partial charge on any atom is -0.379 e. The van der Waals surface area contributed by atoms with Crippen molar-refractivity contribution >= 4 is 54.4 Å². The summed E-state index contributed by atoms with van der Waals surface area (Å²) in [5.41, 5.74) is 3.18. The van der Waals surface area contributed by atoms with Gasteiger partial charge in [-0.15, -0.1) is 0 Å². The van der Waals surface area contributed by atoms with Gasteiger partial charge in [-0.25, -0.2) is 0 Å². The first kappa shape index (κ1) is 33.5. The Morgan fingerprint density at radius 1 is 0.300 bits per heavy atom. The molecule has 0 atom stereocenters. The second kappa shape index (κ2) is 15.2. The summed E-state index contributed by atoms with van der Waals surface area (Å²) in [6.45, 7) is 0. The van der Waals surface area contributed by atoms with Crippen LogP contribution in [0.25, 0.3) is 0 Å². The summed E-state index contributed by atoms with van der Waals surface area (Å²) < 4.78 is 61.7. The Hall–Kier alpha value is -6.38. The first-order chi connectivity index (χ1) is 24.2. The van der Waals surface area contributed by atoms with Crippen LogP contribution in [0.1, 0.15) is 0 Å². The molecule has 0 saturated carbocycles. The lowest BCUT2D eigenvalue weighted by Gasteiger charge is -2.07. The number of azo groups is 3. The van der Waals surface area contributed by atoms with Crippen LogP contribution in [-0.2, 0) is 20.2 Å². The van der Waals surface area contributed by atoms with Crippen LogP contribution in [0.4, 0.5) is 34.1 Å². The molecule has 14 heteroatoms. The molecule has 0 aliphatic rings. The van der Waals surface area contributed by atoms with Gasteiger partial charge < -0.3 is 8.37 Å². The predicted molar refractivity (Wildman–Crippen MR) is 187 cm³/mol. The SMILES string of the molecule is O=S(=O)(Oc1ccc(N=Nc2ccc(OS(=O)(=O)c3ccc(N=Nc4ccccc4)cc3)cc2)cc1)c1ccc(N=Nc2ccccc2)cc1. The Labute approximate surface area is 288 Å². The van der Waals surface area contributed by atoms with E-state index >= 15 is 0 Å². The van der Waals surface area contributed by atoms with Crippen molar-refractivity contribution in [3.05, 3.63) is 158 Å². The Morgan fingerprint density at radius 3 is 0.820 bits per heavy atom. The first-order valence-corrected chi connectivity index (χ1v) is 17.7. The highest BCUT2D eigenvalue weighted by molar-refractivity contribution is 7.87. The zero-order valence-corrected chi connectivity index (χ0v) is 27.6. The van der Waals surface area contributed by atoms with Crippen LogP contribution in [0, 0.1) is 0 Å². The first-order valence-electron chi connectivity index (χ1n) is 14.9. The van der Waals surface area contributed by atoms with Gasteiger partial charge in [0.25, 0.3) is 0 Å². The Balaban J connectivity index is 1.02. The van der Waals surface area contributed by atoms with E-state index in [9.17, 15) is 16.8 Å². The fourth-order valence-electron chi connectivity index (χ4n) is 4.18. The molecule has 12 nitrogen and oxygen atoms in total. The van der Waals surface area contributed by atoms with Gasteiger partial charge in [-0.2, -0.15) is 47.5 Å². The molecule has 248 valence electrons. The van der Waals surface area contributed by atoms with Crippen molar-refractivity contribution in [3.8, 4) is 11.5 Å². The van der Waals surface area contributed by atoms with E-state index in [1.165, 1.54) is 72.8 Å². The van der Waals surface area contributed by atoms with E-state index in [2.05, 4.69) is 30.7 Å². The molecule has 0 amide bonds. The third kappa shape index (κ3) is 9.15. The topological polar surface area (TPSA) is 161 Å². The Kier molecular flexibility index (Phi) is 10.2. The van der Waals surface area contributed by atoms with E-state index in [1.54, 1.807) is 48.5 Å². The summed E-state index contributed by atoms with van der Waals surface area (Å²) in [4.78, 5) is -0.0836. The summed E-state index contributed by atoms with van der Waals surface area (Å²) in [6.07, 6.45) is 0. The van der Waals surface area contributed by atoms with E-state index in [0.29, 0.717) is 34.1 Å². The number of hydrogen-bond donors (Lipinski definition) is 0. The molecule has 0 unspecified atom stereocenters. The molecule has 0 spiro atoms. The van der Waals surface area contributed by atoms with E-state index in [0.717, 1.165) is 0 Å². The minimum absolute atomic E-state index is 0.0418. The van der Waals surface area contributed by atoms with Gasteiger partial charge in [-0.3, -0.25) is 0 Å². The van der Waals surface area contributed by atoms with Crippen LogP contribution in [0.2, 0.25) is 0 Å². The van der Waals surface area contributed by atoms with Gasteiger partial charge in [0.1, 0.15) is 21.3 Å². The lowest BCUT2D eigenvalue weighted by molar-refractivity contribution is 0.484. The van der Waals surface area contributed by atoms with Crippen LogP contribution in [0.3, 0.4) is 0 Å². The van der Waals surface area contributed by atoms with Gasteiger partial charge in [0, 0.05) is 0 Å². The molecule has 0 bridgehead atoms. The molecule has 0 aliphatic heterocycles. The van der Waals surface area contributed by atoms with Crippen molar-refractivity contribution in [2.24, 2.45) is 30.7 Å². The number of hydrogen-bond acceptors (Lipinski definition) is 12. The molecule has 6 aromatic carbocycles. The molecular formula is C36H26N6O6S2. The third-order valence-corrected chi connectivity index (χ3v) is 9.21. The maximum Gasteiger partial charge on any atom is 0.339 e. The summed E-state index contributed by atoms with van der Waals surface area (Å²) in [5, 5.41) is 24.7. The van der Waals surface area contributed by atoms with Crippen molar-refractivity contribution in [3.63, 3.8) is 0 Å². The zero-order valence-electron chi connectivity index (χ0n) is 26.0. The lowest BCUT2D eigenvalue weighted by atomic mass is 10.3. The van der Waals surface area contributed by atoms with E-state index in [-0.39, 0.29) is 21.3 Å². The highest BCUT2D eigenvalue weighted by Gasteiger charge is 2.18. The van der Waals surface area contributed by atoms with Gasteiger partial charge in [-0.1, -0.05) is 36.4 Å². The third-order valence-electron chi connectivity index (χ3n) is 6.69. The number of nitrogens with zero attached hydrogens (tertiary/aromatic N) is 6. The molecule has 50 heavy (non-hydrogen) atoms. The summed E-state index contributed by atoms with van der Waals surface area (Å²) in [6, 6.07) is 42.0. The van der Waals surface area contributed by atoms with Crippen molar-refractivity contribution in [2.75, 3.05) is 0 Å². The van der Waals surface area contributed by atoms with Crippen LogP contribution in [-0.4, -0.2) is 16.8 Å². The Bertz CT molecular complexity index is 2180. The second-order valence-corrected chi connectivity index (χ2v) is 13.4. The van der Waals surface area contributed by atoms with Gasteiger partial charge in [0.2, 0.25) is 0 Å². The lowest BCUT2D eigenvalue weighted by Crippen LogP contribution is -2.09. The summed E-state index contributed by atoms with van der Waals surface area (Å²) in [5.74, 6) is 0.177. The van der Waals surface area contributed by atoms with E-state index in [1.807, 2.05) is 36.4 Å². The average molecular weight is 703 g/mol. The number of benzene rings is 6. The monoisotopic (exact) mass is 702 g/mol. The van der Waals surface area contributed by atoms with Crippen LogP contribution in [0.15, 0.2) is 198 Å². The Morgan fingerprint density at radius 2 is 0.540 bits per heavy atom. The van der Waals surface area contributed by atoms with Crippen molar-refractivity contribution in [2.45, 2.75) is 9.79 Å². The molecular weight excluding hydrogens is 677 g/mol. The molecule has 6 rings (SSSR count). The average Bonchev–Trinajstić information content (AvgIpc) is 3.14. The van der Waals surface area contributed by atoms with E-state index < -0.39 is 20.2 Å². The quantitative estimate of drug-likeness (QED) is 0.0910. The maximum absolute atomic E-state index is 12.8. The normalized spacial score (nSPS) is 12.1. The van der Waals surface area contributed by atoms with Crippen molar-refractivity contribution < 1.29 is 25.2 Å².